The molecule has 1 saturated heterocycles. The molecule has 3 aromatic carbocycles. The van der Waals surface area contributed by atoms with Gasteiger partial charge in [-0.05, 0) is 52.9 Å². The highest BCUT2D eigenvalue weighted by molar-refractivity contribution is 5.99. The predicted octanol–water partition coefficient (Wildman–Crippen LogP) is 4.59. The Labute approximate surface area is 186 Å². The molecule has 2 heterocycles. The highest BCUT2D eigenvalue weighted by atomic mass is 16.5. The van der Waals surface area contributed by atoms with Crippen molar-refractivity contribution in [1.82, 2.24) is 10.3 Å². The Morgan fingerprint density at radius 1 is 1.03 bits per heavy atom. The van der Waals surface area contributed by atoms with Crippen molar-refractivity contribution in [2.75, 3.05) is 19.7 Å². The minimum absolute atomic E-state index is 0.0625. The second kappa shape index (κ2) is 8.72. The van der Waals surface area contributed by atoms with Gasteiger partial charge >= 0.3 is 5.97 Å². The zero-order valence-corrected chi connectivity index (χ0v) is 17.4. The number of aromatic nitrogens is 1. The van der Waals surface area contributed by atoms with E-state index in [0.29, 0.717) is 17.7 Å². The van der Waals surface area contributed by atoms with Crippen molar-refractivity contribution >= 4 is 16.9 Å². The summed E-state index contributed by atoms with van der Waals surface area (Å²) in [6.07, 6.45) is 1.93. The quantitative estimate of drug-likeness (QED) is 0.422. The highest BCUT2D eigenvalue weighted by Crippen LogP contribution is 2.30. The molecule has 5 heteroatoms. The van der Waals surface area contributed by atoms with Crippen LogP contribution >= 0.6 is 0 Å². The number of carboxylic acid groups (broad SMARTS) is 1. The Bertz CT molecular complexity index is 1340. The number of aromatic amines is 1. The lowest BCUT2D eigenvalue weighted by molar-refractivity contribution is 0.0277. The average Bonchev–Trinajstić information content (AvgIpc) is 3.31. The van der Waals surface area contributed by atoms with Crippen LogP contribution in [0.3, 0.4) is 0 Å². The topological polar surface area (TPSA) is 74.3 Å². The van der Waals surface area contributed by atoms with Gasteiger partial charge in [0.25, 0.3) is 0 Å². The van der Waals surface area contributed by atoms with E-state index in [9.17, 15) is 9.90 Å². The maximum atomic E-state index is 11.9. The summed E-state index contributed by atoms with van der Waals surface area (Å²) in [7, 11) is 0. The van der Waals surface area contributed by atoms with Crippen molar-refractivity contribution in [2.45, 2.75) is 6.10 Å². The van der Waals surface area contributed by atoms with E-state index >= 15 is 0 Å². The van der Waals surface area contributed by atoms with E-state index in [4.69, 9.17) is 4.74 Å². The van der Waals surface area contributed by atoms with E-state index < -0.39 is 5.97 Å². The van der Waals surface area contributed by atoms with E-state index in [0.717, 1.165) is 40.7 Å². The SMILES string of the molecule is O=C(O)c1cccc(C#Cc2ccc(C3CNCCO3)cc2)c1-c1ccc2cc[nH]c2c1. The summed E-state index contributed by atoms with van der Waals surface area (Å²) in [4.78, 5) is 15.1. The zero-order chi connectivity index (χ0) is 21.9. The van der Waals surface area contributed by atoms with E-state index in [1.165, 1.54) is 0 Å². The molecular weight excluding hydrogens is 400 g/mol. The number of ether oxygens (including phenoxy) is 1. The number of carbonyl (C=O) groups is 1. The summed E-state index contributed by atoms with van der Waals surface area (Å²) in [5.74, 6) is 5.42. The van der Waals surface area contributed by atoms with Crippen LogP contribution in [0.2, 0.25) is 0 Å². The van der Waals surface area contributed by atoms with Crippen molar-refractivity contribution in [1.29, 1.82) is 0 Å². The molecule has 1 atom stereocenters. The lowest BCUT2D eigenvalue weighted by Crippen LogP contribution is -2.33. The molecule has 1 aliphatic heterocycles. The van der Waals surface area contributed by atoms with Gasteiger partial charge in [-0.2, -0.15) is 0 Å². The van der Waals surface area contributed by atoms with Crippen molar-refractivity contribution in [3.05, 3.63) is 95.2 Å². The Balaban J connectivity index is 1.51. The van der Waals surface area contributed by atoms with Gasteiger partial charge in [0.2, 0.25) is 0 Å². The second-order valence-corrected chi connectivity index (χ2v) is 7.75. The smallest absolute Gasteiger partial charge is 0.336 e. The number of aromatic carboxylic acids is 1. The first kappa shape index (κ1) is 20.1. The number of nitrogens with one attached hydrogen (secondary N) is 2. The molecule has 5 nitrogen and oxygen atoms in total. The van der Waals surface area contributed by atoms with Gasteiger partial charge in [-0.1, -0.05) is 42.2 Å². The number of morpholine rings is 1. The van der Waals surface area contributed by atoms with E-state index in [1.54, 1.807) is 12.1 Å². The van der Waals surface area contributed by atoms with Gasteiger partial charge in [0.1, 0.15) is 0 Å². The fourth-order valence-corrected chi connectivity index (χ4v) is 4.05. The number of benzene rings is 3. The Kier molecular flexibility index (Phi) is 5.47. The minimum atomic E-state index is -0.972. The van der Waals surface area contributed by atoms with E-state index in [-0.39, 0.29) is 11.7 Å². The molecule has 32 heavy (non-hydrogen) atoms. The van der Waals surface area contributed by atoms with Crippen LogP contribution in [0.15, 0.2) is 72.9 Å². The third-order valence-electron chi connectivity index (χ3n) is 5.69. The summed E-state index contributed by atoms with van der Waals surface area (Å²) in [5.41, 5.74) is 5.30. The molecule has 0 aliphatic carbocycles. The fraction of sp³-hybridized carbons (Fsp3) is 0.148. The normalized spacial score (nSPS) is 15.8. The lowest BCUT2D eigenvalue weighted by Gasteiger charge is -2.23. The molecule has 3 N–H and O–H groups in total. The molecule has 158 valence electrons. The molecule has 1 unspecified atom stereocenters. The van der Waals surface area contributed by atoms with Crippen LogP contribution in [-0.2, 0) is 4.74 Å². The number of carboxylic acids is 1. The van der Waals surface area contributed by atoms with Crippen LogP contribution in [0.4, 0.5) is 0 Å². The van der Waals surface area contributed by atoms with Crippen LogP contribution in [0.5, 0.6) is 0 Å². The first-order valence-corrected chi connectivity index (χ1v) is 10.6. The maximum absolute atomic E-state index is 11.9. The predicted molar refractivity (Wildman–Crippen MR) is 125 cm³/mol. The molecule has 0 bridgehead atoms. The van der Waals surface area contributed by atoms with Crippen LogP contribution in [0.25, 0.3) is 22.0 Å². The van der Waals surface area contributed by atoms with E-state index in [2.05, 4.69) is 22.1 Å². The highest BCUT2D eigenvalue weighted by Gasteiger charge is 2.16. The number of H-pyrrole nitrogens is 1. The van der Waals surface area contributed by atoms with Gasteiger partial charge in [-0.15, -0.1) is 0 Å². The third-order valence-corrected chi connectivity index (χ3v) is 5.69. The molecule has 5 rings (SSSR count). The molecule has 4 aromatic rings. The van der Waals surface area contributed by atoms with Gasteiger partial charge < -0.3 is 20.1 Å². The van der Waals surface area contributed by atoms with Crippen LogP contribution < -0.4 is 5.32 Å². The first-order valence-electron chi connectivity index (χ1n) is 10.6. The van der Waals surface area contributed by atoms with Crippen LogP contribution in [0.1, 0.15) is 33.2 Å². The summed E-state index contributed by atoms with van der Waals surface area (Å²) >= 11 is 0. The number of fused-ring (bicyclic) bond motifs is 1. The number of hydrogen-bond acceptors (Lipinski definition) is 3. The van der Waals surface area contributed by atoms with Gasteiger partial charge in [0.15, 0.2) is 0 Å². The Hall–Kier alpha value is -3.85. The van der Waals surface area contributed by atoms with Gasteiger partial charge in [0, 0.05) is 41.5 Å². The summed E-state index contributed by atoms with van der Waals surface area (Å²) < 4.78 is 5.80. The molecule has 1 aromatic heterocycles. The first-order chi connectivity index (χ1) is 15.7. The van der Waals surface area contributed by atoms with Crippen molar-refractivity contribution < 1.29 is 14.6 Å². The maximum Gasteiger partial charge on any atom is 0.336 e. The second-order valence-electron chi connectivity index (χ2n) is 7.75. The molecule has 1 fully saturated rings. The Morgan fingerprint density at radius 2 is 1.91 bits per heavy atom. The zero-order valence-electron chi connectivity index (χ0n) is 17.4. The molecule has 0 saturated carbocycles. The number of rotatable bonds is 3. The average molecular weight is 422 g/mol. The summed E-state index contributed by atoms with van der Waals surface area (Å²) in [6, 6.07) is 21.1. The molecule has 1 aliphatic rings. The summed E-state index contributed by atoms with van der Waals surface area (Å²) in [6.45, 7) is 2.40. The van der Waals surface area contributed by atoms with E-state index in [1.807, 2.05) is 60.8 Å². The monoisotopic (exact) mass is 422 g/mol. The van der Waals surface area contributed by atoms with Crippen molar-refractivity contribution in [3.63, 3.8) is 0 Å². The minimum Gasteiger partial charge on any atom is -0.478 e. The van der Waals surface area contributed by atoms with Crippen molar-refractivity contribution in [2.24, 2.45) is 0 Å². The largest absolute Gasteiger partial charge is 0.478 e. The number of hydrogen-bond donors (Lipinski definition) is 3. The lowest BCUT2D eigenvalue weighted by atomic mass is 9.93. The molecular formula is C27H22N2O3. The van der Waals surface area contributed by atoms with Crippen molar-refractivity contribution in [3.8, 4) is 23.0 Å². The van der Waals surface area contributed by atoms with Crippen LogP contribution in [-0.4, -0.2) is 35.8 Å². The van der Waals surface area contributed by atoms with Gasteiger partial charge in [-0.3, -0.25) is 0 Å². The third kappa shape index (κ3) is 4.02. The summed E-state index contributed by atoms with van der Waals surface area (Å²) in [5, 5.41) is 14.2. The standard InChI is InChI=1S/C27H22N2O3/c30-27(31)23-3-1-2-21(26(23)22-11-10-19-12-13-29-24(19)16-22)9-6-18-4-7-20(8-5-18)25-17-28-14-15-32-25/h1-5,7-8,10-13,16,25,28-29H,14-15,17H2,(H,30,31). The Morgan fingerprint density at radius 3 is 2.69 bits per heavy atom. The van der Waals surface area contributed by atoms with Crippen LogP contribution in [0, 0.1) is 11.8 Å². The van der Waals surface area contributed by atoms with Gasteiger partial charge in [-0.25, -0.2) is 4.79 Å². The molecule has 0 amide bonds. The molecule has 0 spiro atoms. The van der Waals surface area contributed by atoms with Gasteiger partial charge in [0.05, 0.1) is 18.3 Å². The molecule has 0 radical (unpaired) electrons. The fourth-order valence-electron chi connectivity index (χ4n) is 4.05.